The lowest BCUT2D eigenvalue weighted by molar-refractivity contribution is 0.634. The minimum absolute atomic E-state index is 1.09. The van der Waals surface area contributed by atoms with E-state index < -0.39 is 0 Å². The van der Waals surface area contributed by atoms with Crippen LogP contribution in [0, 0.1) is 6.92 Å². The molecule has 112 valence electrons. The molecule has 1 nitrogen and oxygen atoms in total. The summed E-state index contributed by atoms with van der Waals surface area (Å²) in [5.74, 6) is 0. The molecule has 0 unspecified atom stereocenters. The van der Waals surface area contributed by atoms with Crippen LogP contribution in [0.1, 0.15) is 44.6 Å². The predicted octanol–water partition coefficient (Wildman–Crippen LogP) is 6.10. The van der Waals surface area contributed by atoms with E-state index in [2.05, 4.69) is 73.3 Å². The topological polar surface area (TPSA) is 3.24 Å². The van der Waals surface area contributed by atoms with Crippen LogP contribution in [0.4, 0.5) is 11.4 Å². The molecule has 0 aliphatic carbocycles. The first-order valence-corrected chi connectivity index (χ1v) is 8.20. The molecule has 0 fully saturated rings. The van der Waals surface area contributed by atoms with Crippen LogP contribution in [0.5, 0.6) is 0 Å². The van der Waals surface area contributed by atoms with Gasteiger partial charge in [0.2, 0.25) is 0 Å². The van der Waals surface area contributed by atoms with Crippen LogP contribution in [0.2, 0.25) is 0 Å². The molecule has 0 saturated carbocycles. The van der Waals surface area contributed by atoms with E-state index in [4.69, 9.17) is 0 Å². The molecule has 1 heteroatoms. The maximum Gasteiger partial charge on any atom is 0.0410 e. The summed E-state index contributed by atoms with van der Waals surface area (Å²) >= 11 is 0. The van der Waals surface area contributed by atoms with E-state index >= 15 is 0 Å². The van der Waals surface area contributed by atoms with Gasteiger partial charge in [0.15, 0.2) is 0 Å². The number of unbranched alkanes of at least 4 members (excludes halogenated alkanes) is 4. The van der Waals surface area contributed by atoms with Crippen molar-refractivity contribution in [1.82, 2.24) is 0 Å². The fraction of sp³-hybridized carbons (Fsp3) is 0.400. The van der Waals surface area contributed by atoms with Crippen LogP contribution in [0.25, 0.3) is 0 Å². The highest BCUT2D eigenvalue weighted by atomic mass is 15.1. The number of hydrogen-bond acceptors (Lipinski definition) is 1. The van der Waals surface area contributed by atoms with Gasteiger partial charge in [0.05, 0.1) is 0 Å². The Morgan fingerprint density at radius 2 is 1.33 bits per heavy atom. The smallest absolute Gasteiger partial charge is 0.0410 e. The second-order valence-corrected chi connectivity index (χ2v) is 5.74. The first-order chi connectivity index (χ1) is 10.3. The fourth-order valence-corrected chi connectivity index (χ4v) is 2.61. The summed E-state index contributed by atoms with van der Waals surface area (Å²) in [5, 5.41) is 0. The first kappa shape index (κ1) is 15.6. The third-order valence-corrected chi connectivity index (χ3v) is 3.90. The average Bonchev–Trinajstić information content (AvgIpc) is 2.53. The van der Waals surface area contributed by atoms with Crippen LogP contribution < -0.4 is 4.90 Å². The van der Waals surface area contributed by atoms with Crippen LogP contribution in [-0.2, 0) is 0 Å². The van der Waals surface area contributed by atoms with E-state index in [1.165, 1.54) is 49.0 Å². The summed E-state index contributed by atoms with van der Waals surface area (Å²) in [7, 11) is 0. The van der Waals surface area contributed by atoms with Crippen LogP contribution in [-0.4, -0.2) is 6.54 Å². The van der Waals surface area contributed by atoms with E-state index in [9.17, 15) is 0 Å². The lowest BCUT2D eigenvalue weighted by Crippen LogP contribution is -2.18. The molecule has 0 amide bonds. The largest absolute Gasteiger partial charge is 0.341 e. The Labute approximate surface area is 129 Å². The predicted molar refractivity (Wildman–Crippen MR) is 93.4 cm³/mol. The second-order valence-electron chi connectivity index (χ2n) is 5.74. The summed E-state index contributed by atoms with van der Waals surface area (Å²) in [5.41, 5.74) is 3.90. The number of benzene rings is 2. The van der Waals surface area contributed by atoms with Crippen molar-refractivity contribution in [3.63, 3.8) is 0 Å². The van der Waals surface area contributed by atoms with Crippen LogP contribution >= 0.6 is 0 Å². The molecule has 2 aromatic carbocycles. The number of hydrogen-bond donors (Lipinski definition) is 0. The number of rotatable bonds is 8. The molecule has 0 bridgehead atoms. The number of anilines is 2. The number of aryl methyl sites for hydroxylation is 1. The summed E-state index contributed by atoms with van der Waals surface area (Å²) in [6, 6.07) is 19.6. The number of nitrogens with zero attached hydrogens (tertiary/aromatic N) is 1. The summed E-state index contributed by atoms with van der Waals surface area (Å²) in [6.07, 6.45) is 6.59. The van der Waals surface area contributed by atoms with Crippen molar-refractivity contribution in [2.75, 3.05) is 11.4 Å². The van der Waals surface area contributed by atoms with Gasteiger partial charge in [0.1, 0.15) is 0 Å². The highest BCUT2D eigenvalue weighted by Crippen LogP contribution is 2.26. The molecular weight excluding hydrogens is 254 g/mol. The van der Waals surface area contributed by atoms with E-state index in [-0.39, 0.29) is 0 Å². The summed E-state index contributed by atoms with van der Waals surface area (Å²) < 4.78 is 0. The zero-order valence-electron chi connectivity index (χ0n) is 13.4. The Kier molecular flexibility index (Phi) is 6.33. The minimum atomic E-state index is 1.09. The fourth-order valence-electron chi connectivity index (χ4n) is 2.61. The maximum atomic E-state index is 2.44. The Bertz CT molecular complexity index is 501. The van der Waals surface area contributed by atoms with Crippen molar-refractivity contribution in [2.24, 2.45) is 0 Å². The standard InChI is InChI=1S/C20H27N/c1-3-4-5-6-10-17-21(19-11-8-7-9-12-19)20-15-13-18(2)14-16-20/h7-9,11-16H,3-6,10,17H2,1-2H3. The van der Waals surface area contributed by atoms with Gasteiger partial charge in [-0.15, -0.1) is 0 Å². The number of para-hydroxylation sites is 1. The molecular formula is C20H27N. The lowest BCUT2D eigenvalue weighted by Gasteiger charge is -2.25. The Hall–Kier alpha value is -1.76. The van der Waals surface area contributed by atoms with Crippen molar-refractivity contribution >= 4 is 11.4 Å². The Balaban J connectivity index is 2.06. The van der Waals surface area contributed by atoms with Crippen molar-refractivity contribution < 1.29 is 0 Å². The molecule has 0 radical (unpaired) electrons. The lowest BCUT2D eigenvalue weighted by atomic mass is 10.1. The zero-order chi connectivity index (χ0) is 14.9. The molecule has 0 heterocycles. The van der Waals surface area contributed by atoms with Gasteiger partial charge >= 0.3 is 0 Å². The maximum absolute atomic E-state index is 2.44. The van der Waals surface area contributed by atoms with Gasteiger partial charge in [0, 0.05) is 17.9 Å². The van der Waals surface area contributed by atoms with Crippen molar-refractivity contribution in [2.45, 2.75) is 46.0 Å². The van der Waals surface area contributed by atoms with Crippen molar-refractivity contribution in [3.8, 4) is 0 Å². The SMILES string of the molecule is CCCCCCCN(c1ccccc1)c1ccc(C)cc1. The molecule has 0 saturated heterocycles. The molecule has 2 rings (SSSR count). The van der Waals surface area contributed by atoms with Gasteiger partial charge in [-0.2, -0.15) is 0 Å². The third-order valence-electron chi connectivity index (χ3n) is 3.90. The van der Waals surface area contributed by atoms with Gasteiger partial charge < -0.3 is 4.90 Å². The molecule has 0 N–H and O–H groups in total. The molecule has 21 heavy (non-hydrogen) atoms. The van der Waals surface area contributed by atoms with E-state index in [0.717, 1.165) is 6.54 Å². The molecule has 0 aliphatic heterocycles. The Morgan fingerprint density at radius 3 is 2.00 bits per heavy atom. The van der Waals surface area contributed by atoms with Crippen molar-refractivity contribution in [3.05, 3.63) is 60.2 Å². The zero-order valence-corrected chi connectivity index (χ0v) is 13.4. The third kappa shape index (κ3) is 4.93. The first-order valence-electron chi connectivity index (χ1n) is 8.20. The summed E-state index contributed by atoms with van der Waals surface area (Å²) in [6.45, 7) is 5.50. The highest BCUT2D eigenvalue weighted by molar-refractivity contribution is 5.63. The molecule has 0 atom stereocenters. The highest BCUT2D eigenvalue weighted by Gasteiger charge is 2.08. The monoisotopic (exact) mass is 281 g/mol. The molecule has 2 aromatic rings. The van der Waals surface area contributed by atoms with Crippen molar-refractivity contribution in [1.29, 1.82) is 0 Å². The normalized spacial score (nSPS) is 10.6. The van der Waals surface area contributed by atoms with Crippen LogP contribution in [0.15, 0.2) is 54.6 Å². The average molecular weight is 281 g/mol. The van der Waals surface area contributed by atoms with Gasteiger partial charge in [-0.05, 0) is 37.6 Å². The minimum Gasteiger partial charge on any atom is -0.341 e. The Morgan fingerprint density at radius 1 is 0.714 bits per heavy atom. The van der Waals surface area contributed by atoms with E-state index in [1.54, 1.807) is 0 Å². The quantitative estimate of drug-likeness (QED) is 0.528. The van der Waals surface area contributed by atoms with Gasteiger partial charge in [0.25, 0.3) is 0 Å². The van der Waals surface area contributed by atoms with Gasteiger partial charge in [-0.3, -0.25) is 0 Å². The van der Waals surface area contributed by atoms with E-state index in [1.807, 2.05) is 0 Å². The second kappa shape index (κ2) is 8.51. The van der Waals surface area contributed by atoms with Crippen LogP contribution in [0.3, 0.4) is 0 Å². The summed E-state index contributed by atoms with van der Waals surface area (Å²) in [4.78, 5) is 2.44. The van der Waals surface area contributed by atoms with Gasteiger partial charge in [-0.25, -0.2) is 0 Å². The van der Waals surface area contributed by atoms with Gasteiger partial charge in [-0.1, -0.05) is 68.5 Å². The molecule has 0 aliphatic rings. The molecule has 0 aromatic heterocycles. The van der Waals surface area contributed by atoms with E-state index in [0.29, 0.717) is 0 Å². The molecule has 0 spiro atoms.